The van der Waals surface area contributed by atoms with Crippen LogP contribution in [0.25, 0.3) is 0 Å². The van der Waals surface area contributed by atoms with Crippen molar-refractivity contribution >= 4 is 24.0 Å². The Hall–Kier alpha value is -1.47. The quantitative estimate of drug-likeness (QED) is 0.888. The number of rotatable bonds is 3. The maximum atomic E-state index is 12.2. The van der Waals surface area contributed by atoms with Crippen molar-refractivity contribution in [1.82, 2.24) is 5.32 Å². The van der Waals surface area contributed by atoms with Gasteiger partial charge >= 0.3 is 6.36 Å². The monoisotopic (exact) mass is 338 g/mol. The molecule has 2 rings (SSSR count). The van der Waals surface area contributed by atoms with Crippen LogP contribution in [0.3, 0.4) is 0 Å². The van der Waals surface area contributed by atoms with E-state index in [1.54, 1.807) is 0 Å². The highest BCUT2D eigenvalue weighted by atomic mass is 35.5. The summed E-state index contributed by atoms with van der Waals surface area (Å²) in [7, 11) is 0. The molecule has 124 valence electrons. The summed E-state index contributed by atoms with van der Waals surface area (Å²) in [5.74, 6) is -0.653. The molecule has 0 aliphatic carbocycles. The molecule has 1 aromatic rings. The van der Waals surface area contributed by atoms with Crippen LogP contribution in [-0.4, -0.2) is 24.9 Å². The largest absolute Gasteiger partial charge is 0.573 e. The van der Waals surface area contributed by atoms with Crippen LogP contribution in [-0.2, 0) is 4.79 Å². The number of amides is 1. The lowest BCUT2D eigenvalue weighted by atomic mass is 9.92. The van der Waals surface area contributed by atoms with Gasteiger partial charge in [0.15, 0.2) is 0 Å². The average Bonchev–Trinajstić information content (AvgIpc) is 2.37. The van der Waals surface area contributed by atoms with E-state index < -0.39 is 6.36 Å². The number of benzene rings is 1. The summed E-state index contributed by atoms with van der Waals surface area (Å²) in [6, 6.07) is 5.55. The maximum absolute atomic E-state index is 12.2. The van der Waals surface area contributed by atoms with Gasteiger partial charge in [0, 0.05) is 23.7 Å². The lowest BCUT2D eigenvalue weighted by molar-refractivity contribution is -0.274. The number of nitrogens with one attached hydrogen (secondary N) is 2. The van der Waals surface area contributed by atoms with Crippen molar-refractivity contribution in [2.75, 3.05) is 11.9 Å². The van der Waals surface area contributed by atoms with Crippen LogP contribution in [0.5, 0.6) is 5.75 Å². The predicted molar refractivity (Wildman–Crippen MR) is 79.2 cm³/mol. The van der Waals surface area contributed by atoms with Gasteiger partial charge < -0.3 is 15.4 Å². The SMILES string of the molecule is C[C@H]1C[C@@H](C(=O)Nc2cccc(OC(F)(F)F)c2)CCN1.Cl. The van der Waals surface area contributed by atoms with E-state index in [-0.39, 0.29) is 36.0 Å². The van der Waals surface area contributed by atoms with E-state index >= 15 is 0 Å². The number of piperidine rings is 1. The topological polar surface area (TPSA) is 50.4 Å². The normalized spacial score (nSPS) is 21.6. The van der Waals surface area contributed by atoms with E-state index in [1.165, 1.54) is 18.2 Å². The standard InChI is InChI=1S/C14H17F3N2O2.ClH/c1-9-7-10(5-6-18-9)13(20)19-11-3-2-4-12(8-11)21-14(15,16)17;/h2-4,8-10,18H,5-7H2,1H3,(H,19,20);1H/t9-,10-;/m0./s1. The molecule has 2 atom stereocenters. The van der Waals surface area contributed by atoms with E-state index in [2.05, 4.69) is 15.4 Å². The van der Waals surface area contributed by atoms with Crippen LogP contribution in [0, 0.1) is 5.92 Å². The van der Waals surface area contributed by atoms with Crippen molar-refractivity contribution in [3.05, 3.63) is 24.3 Å². The van der Waals surface area contributed by atoms with E-state index in [0.717, 1.165) is 19.0 Å². The second-order valence-corrected chi connectivity index (χ2v) is 5.14. The molecule has 1 amide bonds. The first-order valence-electron chi connectivity index (χ1n) is 6.73. The van der Waals surface area contributed by atoms with Gasteiger partial charge in [-0.05, 0) is 38.4 Å². The molecular weight excluding hydrogens is 321 g/mol. The van der Waals surface area contributed by atoms with Gasteiger partial charge in [-0.3, -0.25) is 4.79 Å². The van der Waals surface area contributed by atoms with Crippen molar-refractivity contribution in [2.45, 2.75) is 32.2 Å². The zero-order valence-electron chi connectivity index (χ0n) is 11.9. The Labute approximate surface area is 132 Å². The lowest BCUT2D eigenvalue weighted by Gasteiger charge is -2.27. The summed E-state index contributed by atoms with van der Waals surface area (Å²) in [4.78, 5) is 12.1. The number of anilines is 1. The first-order valence-corrected chi connectivity index (χ1v) is 6.73. The summed E-state index contributed by atoms with van der Waals surface area (Å²) >= 11 is 0. The molecule has 1 fully saturated rings. The van der Waals surface area contributed by atoms with E-state index in [4.69, 9.17) is 0 Å². The van der Waals surface area contributed by atoms with Crippen molar-refractivity contribution in [1.29, 1.82) is 0 Å². The minimum Gasteiger partial charge on any atom is -0.406 e. The maximum Gasteiger partial charge on any atom is 0.573 e. The Balaban J connectivity index is 0.00000242. The number of hydrogen-bond donors (Lipinski definition) is 2. The molecule has 0 aromatic heterocycles. The first kappa shape index (κ1) is 18.6. The zero-order chi connectivity index (χ0) is 15.5. The fourth-order valence-corrected chi connectivity index (χ4v) is 2.39. The number of halogens is 4. The molecule has 0 bridgehead atoms. The molecule has 8 heteroatoms. The lowest BCUT2D eigenvalue weighted by Crippen LogP contribution is -2.40. The van der Waals surface area contributed by atoms with Crippen molar-refractivity contribution in [2.24, 2.45) is 5.92 Å². The molecule has 2 N–H and O–H groups in total. The van der Waals surface area contributed by atoms with E-state index in [9.17, 15) is 18.0 Å². The second-order valence-electron chi connectivity index (χ2n) is 5.14. The molecule has 22 heavy (non-hydrogen) atoms. The van der Waals surface area contributed by atoms with Gasteiger partial charge in [0.25, 0.3) is 0 Å². The van der Waals surface area contributed by atoms with Gasteiger partial charge in [-0.2, -0.15) is 0 Å². The third-order valence-corrected chi connectivity index (χ3v) is 3.33. The number of hydrogen-bond acceptors (Lipinski definition) is 3. The Morgan fingerprint density at radius 1 is 1.41 bits per heavy atom. The third-order valence-electron chi connectivity index (χ3n) is 3.33. The summed E-state index contributed by atoms with van der Waals surface area (Å²) < 4.78 is 40.3. The molecule has 0 unspecified atom stereocenters. The van der Waals surface area contributed by atoms with Crippen LogP contribution < -0.4 is 15.4 Å². The fraction of sp³-hybridized carbons (Fsp3) is 0.500. The highest BCUT2D eigenvalue weighted by Crippen LogP contribution is 2.26. The van der Waals surface area contributed by atoms with Gasteiger partial charge in [-0.1, -0.05) is 6.07 Å². The van der Waals surface area contributed by atoms with Crippen LogP contribution in [0.2, 0.25) is 0 Å². The van der Waals surface area contributed by atoms with Crippen LogP contribution in [0.4, 0.5) is 18.9 Å². The molecule has 1 saturated heterocycles. The molecule has 4 nitrogen and oxygen atoms in total. The molecule has 1 heterocycles. The zero-order valence-corrected chi connectivity index (χ0v) is 12.8. The van der Waals surface area contributed by atoms with Gasteiger partial charge in [-0.15, -0.1) is 25.6 Å². The summed E-state index contributed by atoms with van der Waals surface area (Å²) in [6.07, 6.45) is -3.31. The molecule has 1 aliphatic heterocycles. The molecular formula is C14H18ClF3N2O2. The Kier molecular flexibility index (Phi) is 6.49. The van der Waals surface area contributed by atoms with Crippen LogP contribution >= 0.6 is 12.4 Å². The highest BCUT2D eigenvalue weighted by molar-refractivity contribution is 5.92. The second kappa shape index (κ2) is 7.69. The van der Waals surface area contributed by atoms with Gasteiger partial charge in [-0.25, -0.2) is 0 Å². The Morgan fingerprint density at radius 2 is 2.14 bits per heavy atom. The Bertz CT molecular complexity index is 511. The first-order chi connectivity index (χ1) is 9.83. The van der Waals surface area contributed by atoms with Crippen molar-refractivity contribution in [3.63, 3.8) is 0 Å². The molecule has 0 saturated carbocycles. The van der Waals surface area contributed by atoms with Crippen LogP contribution in [0.1, 0.15) is 19.8 Å². The minimum atomic E-state index is -4.74. The van der Waals surface area contributed by atoms with Crippen LogP contribution in [0.15, 0.2) is 24.3 Å². The van der Waals surface area contributed by atoms with Gasteiger partial charge in [0.05, 0.1) is 0 Å². The van der Waals surface area contributed by atoms with Gasteiger partial charge in [0.1, 0.15) is 5.75 Å². The Morgan fingerprint density at radius 3 is 2.77 bits per heavy atom. The number of ether oxygens (including phenoxy) is 1. The number of carbonyl (C=O) groups excluding carboxylic acids is 1. The van der Waals surface area contributed by atoms with E-state index in [1.807, 2.05) is 6.92 Å². The number of alkyl halides is 3. The molecule has 0 spiro atoms. The molecule has 0 radical (unpaired) electrons. The van der Waals surface area contributed by atoms with Gasteiger partial charge in [0.2, 0.25) is 5.91 Å². The van der Waals surface area contributed by atoms with E-state index in [0.29, 0.717) is 12.1 Å². The molecule has 1 aromatic carbocycles. The summed E-state index contributed by atoms with van der Waals surface area (Å²) in [5, 5.41) is 5.88. The molecule has 1 aliphatic rings. The third kappa shape index (κ3) is 5.73. The summed E-state index contributed by atoms with van der Waals surface area (Å²) in [6.45, 7) is 2.76. The highest BCUT2D eigenvalue weighted by Gasteiger charge is 2.31. The van der Waals surface area contributed by atoms with Crippen molar-refractivity contribution < 1.29 is 22.7 Å². The smallest absolute Gasteiger partial charge is 0.406 e. The fourth-order valence-electron chi connectivity index (χ4n) is 2.39. The number of carbonyl (C=O) groups is 1. The predicted octanol–water partition coefficient (Wildman–Crippen LogP) is 3.33. The average molecular weight is 339 g/mol. The van der Waals surface area contributed by atoms with Crippen molar-refractivity contribution in [3.8, 4) is 5.75 Å². The summed E-state index contributed by atoms with van der Waals surface area (Å²) in [5.41, 5.74) is 0.299. The minimum absolute atomic E-state index is 0.